The van der Waals surface area contributed by atoms with Crippen molar-refractivity contribution in [1.29, 1.82) is 0 Å². The molecule has 1 aliphatic heterocycles. The number of benzene rings is 2. The van der Waals surface area contributed by atoms with E-state index in [0.29, 0.717) is 50.9 Å². The van der Waals surface area contributed by atoms with Gasteiger partial charge in [-0.3, -0.25) is 4.90 Å². The van der Waals surface area contributed by atoms with Crippen molar-refractivity contribution < 1.29 is 17.9 Å². The fraction of sp³-hybridized carbons (Fsp3) is 0.455. The molecule has 1 saturated heterocycles. The summed E-state index contributed by atoms with van der Waals surface area (Å²) in [7, 11) is -3.67. The van der Waals surface area contributed by atoms with Crippen molar-refractivity contribution in [3.63, 3.8) is 0 Å². The highest BCUT2D eigenvalue weighted by Gasteiger charge is 2.32. The molecule has 0 radical (unpaired) electrons. The second kappa shape index (κ2) is 9.61. The van der Waals surface area contributed by atoms with E-state index in [0.717, 1.165) is 12.1 Å². The van der Waals surface area contributed by atoms with Crippen LogP contribution in [0.4, 0.5) is 0 Å². The Morgan fingerprint density at radius 3 is 2.14 bits per heavy atom. The molecule has 29 heavy (non-hydrogen) atoms. The Kier molecular flexibility index (Phi) is 7.16. The van der Waals surface area contributed by atoms with Gasteiger partial charge in [-0.25, -0.2) is 8.42 Å². The molecule has 0 bridgehead atoms. The van der Waals surface area contributed by atoms with Gasteiger partial charge in [-0.15, -0.1) is 0 Å². The first-order valence-electron chi connectivity index (χ1n) is 10.1. The standard InChI is InChI=1S/C22H30N2O4S/c1-4-27-20-16-22(21(28-5-2)15-18(20)3)29(25,26)24-13-11-23(12-14-24)17-19-9-7-6-8-10-19/h6-10,15-16H,4-5,11-14,17H2,1-3H3. The number of hydrogen-bond donors (Lipinski definition) is 0. The minimum atomic E-state index is -3.67. The second-order valence-electron chi connectivity index (χ2n) is 7.10. The van der Waals surface area contributed by atoms with E-state index in [1.807, 2.05) is 39.0 Å². The first-order valence-corrected chi connectivity index (χ1v) is 11.6. The molecule has 3 rings (SSSR count). The van der Waals surface area contributed by atoms with E-state index in [1.165, 1.54) is 5.56 Å². The third-order valence-corrected chi connectivity index (χ3v) is 6.96. The molecule has 2 aromatic rings. The minimum absolute atomic E-state index is 0.185. The van der Waals surface area contributed by atoms with Crippen molar-refractivity contribution in [2.45, 2.75) is 32.2 Å². The summed E-state index contributed by atoms with van der Waals surface area (Å²) in [6.07, 6.45) is 0. The lowest BCUT2D eigenvalue weighted by Gasteiger charge is -2.34. The molecular weight excluding hydrogens is 388 g/mol. The molecule has 0 N–H and O–H groups in total. The van der Waals surface area contributed by atoms with Crippen LogP contribution in [0.2, 0.25) is 0 Å². The van der Waals surface area contributed by atoms with E-state index in [-0.39, 0.29) is 4.90 Å². The van der Waals surface area contributed by atoms with Gasteiger partial charge in [0.15, 0.2) is 0 Å². The number of ether oxygens (including phenoxy) is 2. The van der Waals surface area contributed by atoms with Gasteiger partial charge >= 0.3 is 0 Å². The Morgan fingerprint density at radius 1 is 0.897 bits per heavy atom. The van der Waals surface area contributed by atoms with Crippen molar-refractivity contribution in [2.24, 2.45) is 0 Å². The molecule has 6 nitrogen and oxygen atoms in total. The summed E-state index contributed by atoms with van der Waals surface area (Å²) in [6, 6.07) is 13.6. The Hall–Kier alpha value is -2.09. The topological polar surface area (TPSA) is 59.1 Å². The van der Waals surface area contributed by atoms with Crippen molar-refractivity contribution in [1.82, 2.24) is 9.21 Å². The third kappa shape index (κ3) is 5.10. The van der Waals surface area contributed by atoms with Crippen LogP contribution in [0.1, 0.15) is 25.0 Å². The lowest BCUT2D eigenvalue weighted by molar-refractivity contribution is 0.181. The summed E-state index contributed by atoms with van der Waals surface area (Å²) in [5, 5.41) is 0. The molecule has 1 fully saturated rings. The lowest BCUT2D eigenvalue weighted by atomic mass is 10.2. The smallest absolute Gasteiger partial charge is 0.246 e. The molecule has 1 aliphatic rings. The van der Waals surface area contributed by atoms with E-state index in [4.69, 9.17) is 9.47 Å². The van der Waals surface area contributed by atoms with Crippen LogP contribution in [0, 0.1) is 6.92 Å². The summed E-state index contributed by atoms with van der Waals surface area (Å²) in [6.45, 7) is 9.65. The first kappa shape index (κ1) is 21.6. The zero-order valence-corrected chi connectivity index (χ0v) is 18.2. The van der Waals surface area contributed by atoms with Crippen LogP contribution >= 0.6 is 0 Å². The van der Waals surface area contributed by atoms with Gasteiger partial charge in [0.1, 0.15) is 16.4 Å². The van der Waals surface area contributed by atoms with Crippen LogP contribution in [0.15, 0.2) is 47.4 Å². The summed E-state index contributed by atoms with van der Waals surface area (Å²) in [5.74, 6) is 0.970. The predicted molar refractivity (Wildman–Crippen MR) is 114 cm³/mol. The maximum absolute atomic E-state index is 13.4. The zero-order chi connectivity index (χ0) is 20.9. The fourth-order valence-corrected chi connectivity index (χ4v) is 5.08. The predicted octanol–water partition coefficient (Wildman–Crippen LogP) is 3.30. The summed E-state index contributed by atoms with van der Waals surface area (Å²) >= 11 is 0. The summed E-state index contributed by atoms with van der Waals surface area (Å²) < 4.78 is 39.6. The van der Waals surface area contributed by atoms with Gasteiger partial charge in [-0.05, 0) is 38.0 Å². The molecule has 1 heterocycles. The average molecular weight is 419 g/mol. The van der Waals surface area contributed by atoms with Crippen LogP contribution < -0.4 is 9.47 Å². The van der Waals surface area contributed by atoms with E-state index < -0.39 is 10.0 Å². The Morgan fingerprint density at radius 2 is 1.52 bits per heavy atom. The number of piperazine rings is 1. The highest BCUT2D eigenvalue weighted by molar-refractivity contribution is 7.89. The number of aryl methyl sites for hydroxylation is 1. The molecule has 0 atom stereocenters. The number of sulfonamides is 1. The maximum atomic E-state index is 13.4. The minimum Gasteiger partial charge on any atom is -0.494 e. The highest BCUT2D eigenvalue weighted by Crippen LogP contribution is 2.34. The van der Waals surface area contributed by atoms with E-state index in [1.54, 1.807) is 16.4 Å². The summed E-state index contributed by atoms with van der Waals surface area (Å²) in [4.78, 5) is 2.47. The van der Waals surface area contributed by atoms with E-state index in [9.17, 15) is 8.42 Å². The van der Waals surface area contributed by atoms with Crippen molar-refractivity contribution in [2.75, 3.05) is 39.4 Å². The lowest BCUT2D eigenvalue weighted by Crippen LogP contribution is -2.48. The van der Waals surface area contributed by atoms with Gasteiger partial charge in [0.25, 0.3) is 0 Å². The van der Waals surface area contributed by atoms with E-state index >= 15 is 0 Å². The molecule has 0 amide bonds. The van der Waals surface area contributed by atoms with Gasteiger partial charge in [-0.2, -0.15) is 4.31 Å². The van der Waals surface area contributed by atoms with Gasteiger partial charge in [0, 0.05) is 38.8 Å². The molecule has 158 valence electrons. The molecule has 7 heteroatoms. The SMILES string of the molecule is CCOc1cc(S(=O)(=O)N2CCN(Cc3ccccc3)CC2)c(OCC)cc1C. The summed E-state index contributed by atoms with van der Waals surface area (Å²) in [5.41, 5.74) is 2.10. The average Bonchev–Trinajstić information content (AvgIpc) is 2.71. The molecule has 0 spiro atoms. The second-order valence-corrected chi connectivity index (χ2v) is 9.00. The molecular formula is C22H30N2O4S. The number of rotatable bonds is 8. The van der Waals surface area contributed by atoms with Crippen LogP contribution in [-0.4, -0.2) is 57.0 Å². The Labute approximate surface area is 174 Å². The van der Waals surface area contributed by atoms with Crippen LogP contribution in [0.3, 0.4) is 0 Å². The van der Waals surface area contributed by atoms with Crippen molar-refractivity contribution >= 4 is 10.0 Å². The van der Waals surface area contributed by atoms with Crippen LogP contribution in [0.25, 0.3) is 0 Å². The van der Waals surface area contributed by atoms with Gasteiger partial charge in [0.2, 0.25) is 10.0 Å². The number of nitrogens with zero attached hydrogens (tertiary/aromatic N) is 2. The molecule has 0 aliphatic carbocycles. The quantitative estimate of drug-likeness (QED) is 0.658. The molecule has 0 unspecified atom stereocenters. The van der Waals surface area contributed by atoms with E-state index in [2.05, 4.69) is 17.0 Å². The van der Waals surface area contributed by atoms with Gasteiger partial charge in [0.05, 0.1) is 13.2 Å². The largest absolute Gasteiger partial charge is 0.494 e. The molecule has 0 saturated carbocycles. The van der Waals surface area contributed by atoms with Crippen molar-refractivity contribution in [3.8, 4) is 11.5 Å². The fourth-order valence-electron chi connectivity index (χ4n) is 3.53. The maximum Gasteiger partial charge on any atom is 0.246 e. The van der Waals surface area contributed by atoms with Crippen molar-refractivity contribution in [3.05, 3.63) is 53.6 Å². The zero-order valence-electron chi connectivity index (χ0n) is 17.4. The normalized spacial score (nSPS) is 16.0. The number of hydrogen-bond acceptors (Lipinski definition) is 5. The van der Waals surface area contributed by atoms with Crippen LogP contribution in [0.5, 0.6) is 11.5 Å². The Bertz CT molecular complexity index is 908. The highest BCUT2D eigenvalue weighted by atomic mass is 32.2. The molecule has 0 aromatic heterocycles. The van der Waals surface area contributed by atoms with Gasteiger partial charge < -0.3 is 9.47 Å². The van der Waals surface area contributed by atoms with Gasteiger partial charge in [-0.1, -0.05) is 30.3 Å². The van der Waals surface area contributed by atoms with Crippen LogP contribution in [-0.2, 0) is 16.6 Å². The Balaban J connectivity index is 1.77. The molecule has 2 aromatic carbocycles. The first-order chi connectivity index (χ1) is 14.0. The third-order valence-electron chi connectivity index (χ3n) is 5.04. The monoisotopic (exact) mass is 418 g/mol.